The third-order valence-corrected chi connectivity index (χ3v) is 6.69. The zero-order chi connectivity index (χ0) is 17.3. The Bertz CT molecular complexity index is 739. The number of hydrogen-bond donors (Lipinski definition) is 2. The summed E-state index contributed by atoms with van der Waals surface area (Å²) in [5.41, 5.74) is 7.58. The lowest BCUT2D eigenvalue weighted by Crippen LogP contribution is -2.38. The van der Waals surface area contributed by atoms with E-state index in [0.29, 0.717) is 19.6 Å². The normalized spacial score (nSPS) is 22.6. The number of nitrogens with two attached hydrogens (primary N) is 1. The summed E-state index contributed by atoms with van der Waals surface area (Å²) in [5, 5.41) is 0. The van der Waals surface area contributed by atoms with Gasteiger partial charge in [0, 0.05) is 24.7 Å². The first-order valence-corrected chi connectivity index (χ1v) is 10.1. The third kappa shape index (κ3) is 3.84. The van der Waals surface area contributed by atoms with Crippen LogP contribution in [0.5, 0.6) is 0 Å². The second kappa shape index (κ2) is 8.03. The number of amides is 1. The maximum Gasteiger partial charge on any atom is 0.240 e. The van der Waals surface area contributed by atoms with Crippen molar-refractivity contribution in [3.63, 3.8) is 0 Å². The van der Waals surface area contributed by atoms with Gasteiger partial charge >= 0.3 is 0 Å². The van der Waals surface area contributed by atoms with E-state index in [2.05, 4.69) is 4.72 Å². The minimum Gasteiger partial charge on any atom is -0.330 e. The highest BCUT2D eigenvalue weighted by molar-refractivity contribution is 7.89. The van der Waals surface area contributed by atoms with Crippen molar-refractivity contribution in [1.29, 1.82) is 0 Å². The fourth-order valence-corrected chi connectivity index (χ4v) is 4.93. The summed E-state index contributed by atoms with van der Waals surface area (Å²) >= 11 is 0. The van der Waals surface area contributed by atoms with E-state index in [1.54, 1.807) is 24.0 Å². The van der Waals surface area contributed by atoms with Crippen LogP contribution in [0.1, 0.15) is 31.7 Å². The topological polar surface area (TPSA) is 92.5 Å². The molecule has 1 heterocycles. The smallest absolute Gasteiger partial charge is 0.240 e. The first-order chi connectivity index (χ1) is 11.5. The Balaban J connectivity index is 0.00000225. The molecule has 0 radical (unpaired) electrons. The predicted molar refractivity (Wildman–Crippen MR) is 100 cm³/mol. The number of halogens is 1. The fraction of sp³-hybridized carbons (Fsp3) is 0.588. The molecule has 8 heteroatoms. The van der Waals surface area contributed by atoms with Crippen LogP contribution in [-0.4, -0.2) is 34.0 Å². The van der Waals surface area contributed by atoms with E-state index < -0.39 is 10.0 Å². The highest BCUT2D eigenvalue weighted by Gasteiger charge is 2.37. The lowest BCUT2D eigenvalue weighted by molar-refractivity contribution is -0.123. The van der Waals surface area contributed by atoms with Crippen molar-refractivity contribution in [2.45, 2.75) is 37.5 Å². The van der Waals surface area contributed by atoms with Crippen LogP contribution < -0.4 is 15.4 Å². The monoisotopic (exact) mass is 387 g/mol. The second-order valence-corrected chi connectivity index (χ2v) is 8.33. The molecule has 0 saturated heterocycles. The Hall–Kier alpha value is -1.15. The maximum atomic E-state index is 13.0. The molecular formula is C17H26ClN3O3S. The van der Waals surface area contributed by atoms with Crippen LogP contribution in [-0.2, 0) is 21.2 Å². The molecule has 1 aromatic rings. The number of fused-ring (bicyclic) bond motifs is 1. The zero-order valence-electron chi connectivity index (χ0n) is 14.4. The molecule has 0 unspecified atom stereocenters. The number of anilines is 1. The molecule has 0 bridgehead atoms. The number of sulfonamides is 1. The van der Waals surface area contributed by atoms with Gasteiger partial charge in [-0.05, 0) is 49.4 Å². The predicted octanol–water partition coefficient (Wildman–Crippen LogP) is 1.67. The summed E-state index contributed by atoms with van der Waals surface area (Å²) < 4.78 is 27.0. The van der Waals surface area contributed by atoms with E-state index in [-0.39, 0.29) is 35.0 Å². The standard InChI is InChI=1S/C17H25N3O3S.ClH/c1-2-19-24(22,23)14-7-6-12-8-9-20(16(12)10-14)17(21)15-5-3-4-13(15)11-18;/h6-7,10,13,15,19H,2-5,8-9,11,18H2,1H3;1H/t13-,15-;/m1./s1. The van der Waals surface area contributed by atoms with Crippen molar-refractivity contribution in [1.82, 2.24) is 4.72 Å². The minimum atomic E-state index is -3.52. The van der Waals surface area contributed by atoms with Crippen molar-refractivity contribution in [3.05, 3.63) is 23.8 Å². The quantitative estimate of drug-likeness (QED) is 0.803. The van der Waals surface area contributed by atoms with E-state index in [4.69, 9.17) is 5.73 Å². The van der Waals surface area contributed by atoms with Crippen LogP contribution >= 0.6 is 12.4 Å². The molecular weight excluding hydrogens is 362 g/mol. The van der Waals surface area contributed by atoms with Crippen LogP contribution in [0.4, 0.5) is 5.69 Å². The van der Waals surface area contributed by atoms with Gasteiger partial charge in [0.15, 0.2) is 0 Å². The van der Waals surface area contributed by atoms with Gasteiger partial charge in [0.05, 0.1) is 4.90 Å². The zero-order valence-corrected chi connectivity index (χ0v) is 16.0. The SMILES string of the molecule is CCNS(=O)(=O)c1ccc2c(c1)N(C(=O)[C@@H]1CCC[C@@H]1CN)CC2.Cl. The van der Waals surface area contributed by atoms with E-state index in [1.165, 1.54) is 0 Å². The number of carbonyl (C=O) groups excluding carboxylic acids is 1. The molecule has 1 saturated carbocycles. The average molecular weight is 388 g/mol. The molecule has 25 heavy (non-hydrogen) atoms. The minimum absolute atomic E-state index is 0. The first kappa shape index (κ1) is 20.2. The lowest BCUT2D eigenvalue weighted by Gasteiger charge is -2.25. The summed E-state index contributed by atoms with van der Waals surface area (Å²) in [6.07, 6.45) is 3.68. The van der Waals surface area contributed by atoms with Crippen molar-refractivity contribution in [2.24, 2.45) is 17.6 Å². The van der Waals surface area contributed by atoms with Gasteiger partial charge in [-0.15, -0.1) is 12.4 Å². The van der Waals surface area contributed by atoms with Gasteiger partial charge in [0.25, 0.3) is 0 Å². The average Bonchev–Trinajstić information content (AvgIpc) is 3.20. The van der Waals surface area contributed by atoms with Gasteiger partial charge in [-0.1, -0.05) is 19.4 Å². The van der Waals surface area contributed by atoms with Crippen molar-refractivity contribution in [3.8, 4) is 0 Å². The Labute approximate surface area is 155 Å². The summed E-state index contributed by atoms with van der Waals surface area (Å²) in [5.74, 6) is 0.310. The van der Waals surface area contributed by atoms with Gasteiger partial charge < -0.3 is 10.6 Å². The summed E-state index contributed by atoms with van der Waals surface area (Å²) in [6, 6.07) is 5.07. The molecule has 1 aliphatic carbocycles. The molecule has 140 valence electrons. The molecule has 1 fully saturated rings. The second-order valence-electron chi connectivity index (χ2n) is 6.56. The molecule has 2 atom stereocenters. The van der Waals surface area contributed by atoms with Gasteiger partial charge in [0.2, 0.25) is 15.9 Å². The molecule has 0 spiro atoms. The molecule has 1 aliphatic heterocycles. The number of hydrogen-bond acceptors (Lipinski definition) is 4. The first-order valence-electron chi connectivity index (χ1n) is 8.62. The van der Waals surface area contributed by atoms with E-state index in [9.17, 15) is 13.2 Å². The molecule has 0 aromatic heterocycles. The van der Waals surface area contributed by atoms with E-state index in [0.717, 1.165) is 36.9 Å². The number of nitrogens with one attached hydrogen (secondary N) is 1. The van der Waals surface area contributed by atoms with Crippen LogP contribution in [0.2, 0.25) is 0 Å². The molecule has 1 aromatic carbocycles. The fourth-order valence-electron chi connectivity index (χ4n) is 3.87. The number of rotatable bonds is 5. The number of carbonyl (C=O) groups is 1. The summed E-state index contributed by atoms with van der Waals surface area (Å²) in [4.78, 5) is 14.9. The van der Waals surface area contributed by atoms with Crippen LogP contribution in [0.25, 0.3) is 0 Å². The highest BCUT2D eigenvalue weighted by atomic mass is 35.5. The number of nitrogens with zero attached hydrogens (tertiary/aromatic N) is 1. The van der Waals surface area contributed by atoms with E-state index >= 15 is 0 Å². The largest absolute Gasteiger partial charge is 0.330 e. The van der Waals surface area contributed by atoms with Gasteiger partial charge in [-0.25, -0.2) is 13.1 Å². The molecule has 1 amide bonds. The van der Waals surface area contributed by atoms with Gasteiger partial charge in [-0.2, -0.15) is 0 Å². The Kier molecular flexibility index (Phi) is 6.48. The summed E-state index contributed by atoms with van der Waals surface area (Å²) in [6.45, 7) is 3.23. The van der Waals surface area contributed by atoms with Gasteiger partial charge in [0.1, 0.15) is 0 Å². The Morgan fingerprint density at radius 2 is 2.12 bits per heavy atom. The van der Waals surface area contributed by atoms with Crippen LogP contribution in [0.3, 0.4) is 0 Å². The lowest BCUT2D eigenvalue weighted by atomic mass is 9.94. The maximum absolute atomic E-state index is 13.0. The Morgan fingerprint density at radius 3 is 2.80 bits per heavy atom. The molecule has 6 nitrogen and oxygen atoms in total. The van der Waals surface area contributed by atoms with Crippen molar-refractivity contribution < 1.29 is 13.2 Å². The van der Waals surface area contributed by atoms with Crippen LogP contribution in [0, 0.1) is 11.8 Å². The van der Waals surface area contributed by atoms with Crippen LogP contribution in [0.15, 0.2) is 23.1 Å². The van der Waals surface area contributed by atoms with Crippen molar-refractivity contribution in [2.75, 3.05) is 24.5 Å². The number of benzene rings is 1. The molecule has 2 aliphatic rings. The highest BCUT2D eigenvalue weighted by Crippen LogP contribution is 2.37. The van der Waals surface area contributed by atoms with Crippen molar-refractivity contribution >= 4 is 34.0 Å². The molecule has 3 rings (SSSR count). The van der Waals surface area contributed by atoms with E-state index in [1.807, 2.05) is 6.07 Å². The molecule has 3 N–H and O–H groups in total. The third-order valence-electron chi connectivity index (χ3n) is 5.14. The summed E-state index contributed by atoms with van der Waals surface area (Å²) in [7, 11) is -3.52. The van der Waals surface area contributed by atoms with Gasteiger partial charge in [-0.3, -0.25) is 4.79 Å². The Morgan fingerprint density at radius 1 is 1.36 bits per heavy atom.